The second-order valence-electron chi connectivity index (χ2n) is 3.60. The number of halogens is 2. The molecule has 1 aromatic heterocycles. The molecule has 1 aromatic carbocycles. The van der Waals surface area contributed by atoms with E-state index < -0.39 is 4.92 Å². The molecule has 0 bridgehead atoms. The summed E-state index contributed by atoms with van der Waals surface area (Å²) in [6.07, 6.45) is 0. The molecule has 2 aromatic rings. The fourth-order valence-electron chi connectivity index (χ4n) is 1.39. The number of nitrogens with two attached hydrogens (primary N) is 1. The van der Waals surface area contributed by atoms with Crippen LogP contribution in [0.5, 0.6) is 11.6 Å². The lowest BCUT2D eigenvalue weighted by atomic mass is 10.3. The summed E-state index contributed by atoms with van der Waals surface area (Å²) in [6.45, 7) is 0. The zero-order chi connectivity index (χ0) is 14.7. The highest BCUT2D eigenvalue weighted by atomic mass is 35.5. The van der Waals surface area contributed by atoms with Crippen molar-refractivity contribution < 1.29 is 9.66 Å². The summed E-state index contributed by atoms with van der Waals surface area (Å²) in [5.74, 6) is 5.39. The van der Waals surface area contributed by atoms with E-state index in [1.54, 1.807) is 6.07 Å². The first-order valence-electron chi connectivity index (χ1n) is 5.26. The number of hydrazine groups is 1. The van der Waals surface area contributed by atoms with Crippen LogP contribution in [0, 0.1) is 10.1 Å². The Balaban J connectivity index is 2.43. The van der Waals surface area contributed by atoms with Gasteiger partial charge in [0, 0.05) is 11.1 Å². The number of hydrogen-bond donors (Lipinski definition) is 2. The molecule has 0 fully saturated rings. The molecule has 7 nitrogen and oxygen atoms in total. The summed E-state index contributed by atoms with van der Waals surface area (Å²) in [6, 6.07) is 7.06. The SMILES string of the molecule is NNc1ccc([N+](=O)[O-])c(Oc2ccc(Cl)cc2Cl)n1. The molecule has 9 heteroatoms. The van der Waals surface area contributed by atoms with Gasteiger partial charge in [0.25, 0.3) is 0 Å². The summed E-state index contributed by atoms with van der Waals surface area (Å²) in [4.78, 5) is 14.2. The van der Waals surface area contributed by atoms with Crippen LogP contribution in [0.1, 0.15) is 0 Å². The molecule has 2 rings (SSSR count). The fourth-order valence-corrected chi connectivity index (χ4v) is 1.84. The minimum atomic E-state index is -0.619. The maximum atomic E-state index is 10.9. The van der Waals surface area contributed by atoms with Gasteiger partial charge < -0.3 is 10.2 Å². The molecule has 20 heavy (non-hydrogen) atoms. The number of aromatic nitrogens is 1. The molecule has 0 saturated carbocycles. The Morgan fingerprint density at radius 1 is 1.30 bits per heavy atom. The molecular weight excluding hydrogens is 307 g/mol. The van der Waals surface area contributed by atoms with Gasteiger partial charge >= 0.3 is 11.6 Å². The Morgan fingerprint density at radius 2 is 2.05 bits per heavy atom. The number of anilines is 1. The first-order chi connectivity index (χ1) is 9.51. The number of ether oxygens (including phenoxy) is 1. The molecule has 104 valence electrons. The molecule has 0 unspecified atom stereocenters. The predicted molar refractivity (Wildman–Crippen MR) is 75.2 cm³/mol. The van der Waals surface area contributed by atoms with E-state index in [0.717, 1.165) is 0 Å². The average molecular weight is 315 g/mol. The van der Waals surface area contributed by atoms with Crippen molar-refractivity contribution in [2.75, 3.05) is 5.43 Å². The van der Waals surface area contributed by atoms with E-state index >= 15 is 0 Å². The number of benzene rings is 1. The fraction of sp³-hybridized carbons (Fsp3) is 0. The third-order valence-electron chi connectivity index (χ3n) is 2.29. The van der Waals surface area contributed by atoms with E-state index in [1.807, 2.05) is 0 Å². The Morgan fingerprint density at radius 3 is 2.65 bits per heavy atom. The number of hydrogen-bond acceptors (Lipinski definition) is 6. The third kappa shape index (κ3) is 3.08. The number of nitrogens with one attached hydrogen (secondary N) is 1. The second kappa shape index (κ2) is 5.91. The molecule has 0 aliphatic rings. The molecule has 0 saturated heterocycles. The monoisotopic (exact) mass is 314 g/mol. The molecule has 3 N–H and O–H groups in total. The van der Waals surface area contributed by atoms with Gasteiger partial charge in [-0.1, -0.05) is 23.2 Å². The van der Waals surface area contributed by atoms with E-state index in [4.69, 9.17) is 33.8 Å². The molecule has 0 atom stereocenters. The van der Waals surface area contributed by atoms with Gasteiger partial charge in [0.05, 0.1) is 9.95 Å². The van der Waals surface area contributed by atoms with E-state index in [-0.39, 0.29) is 28.2 Å². The van der Waals surface area contributed by atoms with Crippen molar-refractivity contribution in [1.82, 2.24) is 4.98 Å². The molecule has 0 amide bonds. The minimum absolute atomic E-state index is 0.195. The molecule has 1 heterocycles. The van der Waals surface area contributed by atoms with Crippen LogP contribution in [0.25, 0.3) is 0 Å². The first kappa shape index (κ1) is 14.3. The van der Waals surface area contributed by atoms with Gasteiger partial charge in [0.15, 0.2) is 0 Å². The number of nitro groups is 1. The second-order valence-corrected chi connectivity index (χ2v) is 4.44. The molecule has 0 radical (unpaired) electrons. The van der Waals surface area contributed by atoms with Gasteiger partial charge in [-0.2, -0.15) is 4.98 Å². The van der Waals surface area contributed by atoms with Crippen LogP contribution < -0.4 is 16.0 Å². The van der Waals surface area contributed by atoms with Crippen molar-refractivity contribution in [1.29, 1.82) is 0 Å². The van der Waals surface area contributed by atoms with Crippen molar-refractivity contribution in [3.63, 3.8) is 0 Å². The zero-order valence-electron chi connectivity index (χ0n) is 9.84. The Hall–Kier alpha value is -2.09. The maximum absolute atomic E-state index is 10.9. The van der Waals surface area contributed by atoms with E-state index in [2.05, 4.69) is 10.4 Å². The van der Waals surface area contributed by atoms with Gasteiger partial charge in [0.2, 0.25) is 0 Å². The van der Waals surface area contributed by atoms with Gasteiger partial charge in [-0.3, -0.25) is 10.1 Å². The molecule has 0 aliphatic carbocycles. The summed E-state index contributed by atoms with van der Waals surface area (Å²) >= 11 is 11.7. The average Bonchev–Trinajstić information content (AvgIpc) is 2.41. The normalized spacial score (nSPS) is 10.2. The van der Waals surface area contributed by atoms with Gasteiger partial charge in [0.1, 0.15) is 11.6 Å². The van der Waals surface area contributed by atoms with Crippen LogP contribution in [0.3, 0.4) is 0 Å². The van der Waals surface area contributed by atoms with Crippen LogP contribution in [0.2, 0.25) is 10.0 Å². The largest absolute Gasteiger partial charge is 0.432 e. The molecule has 0 spiro atoms. The highest BCUT2D eigenvalue weighted by Gasteiger charge is 2.19. The van der Waals surface area contributed by atoms with Crippen molar-refractivity contribution >= 4 is 34.7 Å². The van der Waals surface area contributed by atoms with Gasteiger partial charge in [-0.05, 0) is 24.3 Å². The summed E-state index contributed by atoms with van der Waals surface area (Å²) < 4.78 is 5.36. The smallest absolute Gasteiger partial charge is 0.331 e. The summed E-state index contributed by atoms with van der Waals surface area (Å²) in [5, 5.41) is 11.6. The van der Waals surface area contributed by atoms with Crippen molar-refractivity contribution in [3.05, 3.63) is 50.5 Å². The standard InChI is InChI=1S/C11H8Cl2N4O3/c12-6-1-3-9(7(13)5-6)20-11-8(17(18)19)2-4-10(15-11)16-14/h1-5H,14H2,(H,15,16). The number of nitrogens with zero attached hydrogens (tertiary/aromatic N) is 2. The van der Waals surface area contributed by atoms with E-state index in [0.29, 0.717) is 5.02 Å². The third-order valence-corrected chi connectivity index (χ3v) is 2.82. The first-order valence-corrected chi connectivity index (χ1v) is 6.02. The minimum Gasteiger partial charge on any atom is -0.432 e. The highest BCUT2D eigenvalue weighted by molar-refractivity contribution is 6.35. The lowest BCUT2D eigenvalue weighted by Crippen LogP contribution is -2.09. The number of pyridine rings is 1. The van der Waals surface area contributed by atoms with Gasteiger partial charge in [-0.25, -0.2) is 5.84 Å². The van der Waals surface area contributed by atoms with Crippen LogP contribution in [0.4, 0.5) is 11.5 Å². The van der Waals surface area contributed by atoms with Crippen LogP contribution in [-0.4, -0.2) is 9.91 Å². The maximum Gasteiger partial charge on any atom is 0.331 e. The summed E-state index contributed by atoms with van der Waals surface area (Å²) in [7, 11) is 0. The summed E-state index contributed by atoms with van der Waals surface area (Å²) in [5.41, 5.74) is 1.97. The Kier molecular flexibility index (Phi) is 4.23. The molecular formula is C11H8Cl2N4O3. The van der Waals surface area contributed by atoms with Crippen molar-refractivity contribution in [2.45, 2.75) is 0 Å². The van der Waals surface area contributed by atoms with Gasteiger partial charge in [-0.15, -0.1) is 0 Å². The molecule has 0 aliphatic heterocycles. The van der Waals surface area contributed by atoms with Crippen LogP contribution in [0.15, 0.2) is 30.3 Å². The number of rotatable bonds is 4. The zero-order valence-corrected chi connectivity index (χ0v) is 11.4. The number of nitrogen functional groups attached to an aromatic ring is 1. The highest BCUT2D eigenvalue weighted by Crippen LogP contribution is 2.35. The predicted octanol–water partition coefficient (Wildman–Crippen LogP) is 3.37. The van der Waals surface area contributed by atoms with Crippen molar-refractivity contribution in [3.8, 4) is 11.6 Å². The van der Waals surface area contributed by atoms with E-state index in [9.17, 15) is 10.1 Å². The Bertz CT molecular complexity index is 666. The quantitative estimate of drug-likeness (QED) is 0.509. The lowest BCUT2D eigenvalue weighted by Gasteiger charge is -2.08. The topological polar surface area (TPSA) is 103 Å². The van der Waals surface area contributed by atoms with Crippen LogP contribution >= 0.6 is 23.2 Å². The Labute approximate surface area is 123 Å². The van der Waals surface area contributed by atoms with Crippen molar-refractivity contribution in [2.24, 2.45) is 5.84 Å². The lowest BCUT2D eigenvalue weighted by molar-refractivity contribution is -0.386. The van der Waals surface area contributed by atoms with E-state index in [1.165, 1.54) is 24.3 Å². The van der Waals surface area contributed by atoms with Crippen LogP contribution in [-0.2, 0) is 0 Å².